The third kappa shape index (κ3) is 4.60. The third-order valence-electron chi connectivity index (χ3n) is 3.29. The van der Waals surface area contributed by atoms with Crippen molar-refractivity contribution in [3.63, 3.8) is 0 Å². The molecule has 0 aliphatic heterocycles. The van der Waals surface area contributed by atoms with Crippen LogP contribution >= 0.6 is 15.9 Å². The molecule has 0 bridgehead atoms. The quantitative estimate of drug-likeness (QED) is 0.654. The number of esters is 1. The minimum absolute atomic E-state index is 0.122. The van der Waals surface area contributed by atoms with E-state index in [0.29, 0.717) is 13.0 Å². The van der Waals surface area contributed by atoms with Crippen molar-refractivity contribution in [3.05, 3.63) is 58.6 Å². The van der Waals surface area contributed by atoms with Crippen LogP contribution in [0, 0.1) is 0 Å². The van der Waals surface area contributed by atoms with E-state index < -0.39 is 0 Å². The number of hydrogen-bond donors (Lipinski definition) is 0. The van der Waals surface area contributed by atoms with Gasteiger partial charge in [0, 0.05) is 0 Å². The van der Waals surface area contributed by atoms with E-state index in [1.54, 1.807) is 0 Å². The van der Waals surface area contributed by atoms with Crippen LogP contribution in [0.5, 0.6) is 11.5 Å². The van der Waals surface area contributed by atoms with Crippen molar-refractivity contribution < 1.29 is 14.3 Å². The lowest BCUT2D eigenvalue weighted by Gasteiger charge is -2.12. The van der Waals surface area contributed by atoms with E-state index in [4.69, 9.17) is 9.47 Å². The minimum atomic E-state index is -0.163. The fraction of sp³-hybridized carbons (Fsp3) is 0.278. The average molecular weight is 363 g/mol. The number of rotatable bonds is 6. The first-order valence-electron chi connectivity index (χ1n) is 7.28. The number of carbonyl (C=O) groups excluding carboxylic acids is 1. The highest BCUT2D eigenvalue weighted by Gasteiger charge is 2.12. The highest BCUT2D eigenvalue weighted by atomic mass is 79.9. The van der Waals surface area contributed by atoms with Gasteiger partial charge in [0.1, 0.15) is 11.5 Å². The fourth-order valence-electron chi connectivity index (χ4n) is 2.11. The second-order valence-electron chi connectivity index (χ2n) is 5.01. The van der Waals surface area contributed by atoms with Crippen LogP contribution in [0.25, 0.3) is 0 Å². The average Bonchev–Trinajstić information content (AvgIpc) is 2.50. The lowest BCUT2D eigenvalue weighted by Crippen LogP contribution is -2.08. The summed E-state index contributed by atoms with van der Waals surface area (Å²) in [4.78, 5) is 11.5. The second-order valence-corrected chi connectivity index (χ2v) is 5.87. The minimum Gasteiger partial charge on any atom is -0.466 e. The molecule has 0 saturated carbocycles. The van der Waals surface area contributed by atoms with Crippen LogP contribution in [0.15, 0.2) is 53.0 Å². The monoisotopic (exact) mass is 362 g/mol. The van der Waals surface area contributed by atoms with Gasteiger partial charge in [-0.05, 0) is 58.6 Å². The van der Waals surface area contributed by atoms with E-state index in [9.17, 15) is 4.79 Å². The summed E-state index contributed by atoms with van der Waals surface area (Å²) in [6.45, 7) is 4.25. The van der Waals surface area contributed by atoms with Crippen molar-refractivity contribution in [2.75, 3.05) is 6.61 Å². The molecular weight excluding hydrogens is 344 g/mol. The number of hydrogen-bond acceptors (Lipinski definition) is 3. The van der Waals surface area contributed by atoms with Crippen LogP contribution in [-0.4, -0.2) is 12.6 Å². The molecular formula is C18H19BrO3. The molecule has 0 heterocycles. The summed E-state index contributed by atoms with van der Waals surface area (Å²) in [5, 5.41) is 0. The molecule has 2 aromatic rings. The molecule has 22 heavy (non-hydrogen) atoms. The van der Waals surface area contributed by atoms with Gasteiger partial charge in [0.2, 0.25) is 0 Å². The zero-order valence-corrected chi connectivity index (χ0v) is 14.3. The Morgan fingerprint density at radius 1 is 1.14 bits per heavy atom. The maximum absolute atomic E-state index is 11.5. The van der Waals surface area contributed by atoms with Crippen molar-refractivity contribution in [1.29, 1.82) is 0 Å². The Morgan fingerprint density at radius 2 is 1.82 bits per heavy atom. The van der Waals surface area contributed by atoms with Gasteiger partial charge >= 0.3 is 5.97 Å². The maximum atomic E-state index is 11.5. The van der Waals surface area contributed by atoms with Crippen molar-refractivity contribution in [2.24, 2.45) is 0 Å². The Hall–Kier alpha value is -1.81. The molecule has 1 atom stereocenters. The Balaban J connectivity index is 2.01. The van der Waals surface area contributed by atoms with E-state index >= 15 is 0 Å². The van der Waals surface area contributed by atoms with Gasteiger partial charge in [0.05, 0.1) is 17.5 Å². The summed E-state index contributed by atoms with van der Waals surface area (Å²) >= 11 is 3.46. The molecule has 3 nitrogen and oxygen atoms in total. The van der Waals surface area contributed by atoms with Gasteiger partial charge in [-0.1, -0.05) is 31.2 Å². The molecule has 4 heteroatoms. The molecule has 0 amide bonds. The third-order valence-corrected chi connectivity index (χ3v) is 3.95. The molecule has 2 rings (SSSR count). The summed E-state index contributed by atoms with van der Waals surface area (Å²) < 4.78 is 11.7. The highest BCUT2D eigenvalue weighted by molar-refractivity contribution is 9.10. The molecule has 0 aliphatic rings. The van der Waals surface area contributed by atoms with Crippen LogP contribution in [0.1, 0.15) is 31.7 Å². The largest absolute Gasteiger partial charge is 0.466 e. The fourth-order valence-corrected chi connectivity index (χ4v) is 2.47. The van der Waals surface area contributed by atoms with Gasteiger partial charge in [-0.25, -0.2) is 0 Å². The number of ether oxygens (including phenoxy) is 2. The predicted octanol–water partition coefficient (Wildman–Crippen LogP) is 5.30. The van der Waals surface area contributed by atoms with Crippen molar-refractivity contribution in [2.45, 2.75) is 26.2 Å². The zero-order chi connectivity index (χ0) is 15.9. The van der Waals surface area contributed by atoms with E-state index in [0.717, 1.165) is 21.5 Å². The molecule has 0 saturated heterocycles. The molecule has 0 spiro atoms. The SMILES string of the molecule is CCOC(=O)CC(C)c1ccc(Oc2ccccc2Br)cc1. The molecule has 1 unspecified atom stereocenters. The van der Waals surface area contributed by atoms with Crippen molar-refractivity contribution in [3.8, 4) is 11.5 Å². The van der Waals surface area contributed by atoms with E-state index in [1.165, 1.54) is 0 Å². The first kappa shape index (κ1) is 16.6. The predicted molar refractivity (Wildman–Crippen MR) is 90.3 cm³/mol. The molecule has 116 valence electrons. The molecule has 0 radical (unpaired) electrons. The number of halogens is 1. The van der Waals surface area contributed by atoms with E-state index in [-0.39, 0.29) is 11.9 Å². The summed E-state index contributed by atoms with van der Waals surface area (Å²) in [5.41, 5.74) is 1.09. The topological polar surface area (TPSA) is 35.5 Å². The van der Waals surface area contributed by atoms with Gasteiger partial charge in [-0.3, -0.25) is 4.79 Å². The zero-order valence-electron chi connectivity index (χ0n) is 12.7. The Labute approximate surface area is 139 Å². The molecule has 0 aliphatic carbocycles. The molecule has 0 fully saturated rings. The molecule has 0 aromatic heterocycles. The Bertz CT molecular complexity index is 622. The van der Waals surface area contributed by atoms with Crippen LogP contribution in [-0.2, 0) is 9.53 Å². The Morgan fingerprint density at radius 3 is 2.45 bits per heavy atom. The summed E-state index contributed by atoms with van der Waals surface area (Å²) in [6, 6.07) is 15.5. The Kier molecular flexibility index (Phi) is 6.01. The van der Waals surface area contributed by atoms with Crippen LogP contribution in [0.2, 0.25) is 0 Å². The second kappa shape index (κ2) is 7.99. The summed E-state index contributed by atoms with van der Waals surface area (Å²) in [6.07, 6.45) is 0.387. The summed E-state index contributed by atoms with van der Waals surface area (Å²) in [5.74, 6) is 1.49. The summed E-state index contributed by atoms with van der Waals surface area (Å²) in [7, 11) is 0. The normalized spacial score (nSPS) is 11.8. The van der Waals surface area contributed by atoms with Crippen LogP contribution in [0.4, 0.5) is 0 Å². The maximum Gasteiger partial charge on any atom is 0.306 e. The van der Waals surface area contributed by atoms with Gasteiger partial charge < -0.3 is 9.47 Å². The van der Waals surface area contributed by atoms with Gasteiger partial charge in [0.25, 0.3) is 0 Å². The molecule has 2 aromatic carbocycles. The van der Waals surface area contributed by atoms with Crippen molar-refractivity contribution in [1.82, 2.24) is 0 Å². The first-order valence-corrected chi connectivity index (χ1v) is 8.07. The number of benzene rings is 2. The standard InChI is InChI=1S/C18H19BrO3/c1-3-21-18(20)12-13(2)14-8-10-15(11-9-14)22-17-7-5-4-6-16(17)19/h4-11,13H,3,12H2,1-2H3. The van der Waals surface area contributed by atoms with Gasteiger partial charge in [-0.15, -0.1) is 0 Å². The van der Waals surface area contributed by atoms with Crippen LogP contribution in [0.3, 0.4) is 0 Å². The van der Waals surface area contributed by atoms with Gasteiger partial charge in [0.15, 0.2) is 0 Å². The van der Waals surface area contributed by atoms with Crippen molar-refractivity contribution >= 4 is 21.9 Å². The smallest absolute Gasteiger partial charge is 0.306 e. The van der Waals surface area contributed by atoms with E-state index in [1.807, 2.05) is 62.4 Å². The lowest BCUT2D eigenvalue weighted by molar-refractivity contribution is -0.143. The number of carbonyl (C=O) groups is 1. The number of para-hydroxylation sites is 1. The van der Waals surface area contributed by atoms with E-state index in [2.05, 4.69) is 15.9 Å². The van der Waals surface area contributed by atoms with Gasteiger partial charge in [-0.2, -0.15) is 0 Å². The lowest BCUT2D eigenvalue weighted by atomic mass is 9.98. The molecule has 0 N–H and O–H groups in total. The van der Waals surface area contributed by atoms with Crippen LogP contribution < -0.4 is 4.74 Å². The highest BCUT2D eigenvalue weighted by Crippen LogP contribution is 2.30. The first-order chi connectivity index (χ1) is 10.6.